The van der Waals surface area contributed by atoms with Crippen LogP contribution in [-0.2, 0) is 6.61 Å². The molecule has 0 aromatic heterocycles. The Morgan fingerprint density at radius 1 is 0.944 bits per heavy atom. The molecule has 18 heavy (non-hydrogen) atoms. The fourth-order valence-electron chi connectivity index (χ4n) is 1.63. The summed E-state index contributed by atoms with van der Waals surface area (Å²) >= 11 is 0. The van der Waals surface area contributed by atoms with Gasteiger partial charge in [-0.25, -0.2) is 0 Å². The first kappa shape index (κ1) is 12.7. The molecule has 0 aliphatic carbocycles. The summed E-state index contributed by atoms with van der Waals surface area (Å²) in [6.45, 7) is 3.13. The molecule has 3 heteroatoms. The molecule has 0 unspecified atom stereocenters. The summed E-state index contributed by atoms with van der Waals surface area (Å²) in [5, 5.41) is 0.974. The third kappa shape index (κ3) is 3.37. The van der Waals surface area contributed by atoms with Crippen molar-refractivity contribution in [1.29, 1.82) is 0 Å². The van der Waals surface area contributed by atoms with Crippen LogP contribution in [0.25, 0.3) is 0 Å². The SMILES string of the molecule is CCOc1ccc([Si])cc1OCc1ccccc1. The maximum Gasteiger partial charge on any atom is 0.161 e. The number of hydrogen-bond donors (Lipinski definition) is 0. The van der Waals surface area contributed by atoms with Gasteiger partial charge in [0, 0.05) is 0 Å². The molecule has 0 amide bonds. The van der Waals surface area contributed by atoms with E-state index in [4.69, 9.17) is 9.47 Å². The predicted octanol–water partition coefficient (Wildman–Crippen LogP) is 2.46. The number of benzene rings is 2. The van der Waals surface area contributed by atoms with Gasteiger partial charge in [-0.1, -0.05) is 41.6 Å². The van der Waals surface area contributed by atoms with E-state index >= 15 is 0 Å². The average molecular weight is 255 g/mol. The summed E-state index contributed by atoms with van der Waals surface area (Å²) in [5.74, 6) is 1.53. The Morgan fingerprint density at radius 3 is 2.44 bits per heavy atom. The van der Waals surface area contributed by atoms with E-state index in [1.165, 1.54) is 0 Å². The minimum absolute atomic E-state index is 0.538. The van der Waals surface area contributed by atoms with Gasteiger partial charge in [-0.15, -0.1) is 0 Å². The summed E-state index contributed by atoms with van der Waals surface area (Å²) in [6.07, 6.45) is 0. The summed E-state index contributed by atoms with van der Waals surface area (Å²) < 4.78 is 11.3. The Hall–Kier alpha value is -1.74. The molecule has 91 valence electrons. The maximum atomic E-state index is 5.80. The summed E-state index contributed by atoms with van der Waals surface area (Å²) in [6, 6.07) is 15.9. The summed E-state index contributed by atoms with van der Waals surface area (Å²) in [5.41, 5.74) is 1.14. The molecule has 3 radical (unpaired) electrons. The molecule has 0 spiro atoms. The smallest absolute Gasteiger partial charge is 0.161 e. The van der Waals surface area contributed by atoms with E-state index < -0.39 is 0 Å². The molecule has 2 rings (SSSR count). The number of hydrogen-bond acceptors (Lipinski definition) is 2. The molecular formula is C15H15O2Si. The molecule has 0 N–H and O–H groups in total. The van der Waals surface area contributed by atoms with Crippen LogP contribution in [0.3, 0.4) is 0 Å². The Morgan fingerprint density at radius 2 is 1.72 bits per heavy atom. The topological polar surface area (TPSA) is 18.5 Å². The first-order chi connectivity index (χ1) is 8.79. The molecule has 0 heterocycles. The van der Waals surface area contributed by atoms with E-state index in [1.807, 2.05) is 55.5 Å². The van der Waals surface area contributed by atoms with E-state index in [2.05, 4.69) is 10.2 Å². The first-order valence-electron chi connectivity index (χ1n) is 5.94. The van der Waals surface area contributed by atoms with Crippen LogP contribution in [0.4, 0.5) is 0 Å². The van der Waals surface area contributed by atoms with Gasteiger partial charge in [-0.05, 0) is 24.6 Å². The molecule has 0 atom stereocenters. The zero-order chi connectivity index (χ0) is 12.8. The van der Waals surface area contributed by atoms with E-state index in [-0.39, 0.29) is 0 Å². The van der Waals surface area contributed by atoms with E-state index in [1.54, 1.807) is 0 Å². The van der Waals surface area contributed by atoms with Gasteiger partial charge in [0.25, 0.3) is 0 Å². The van der Waals surface area contributed by atoms with Crippen LogP contribution in [0.1, 0.15) is 12.5 Å². The zero-order valence-electron chi connectivity index (χ0n) is 10.3. The fraction of sp³-hybridized carbons (Fsp3) is 0.200. The highest BCUT2D eigenvalue weighted by Gasteiger charge is 2.05. The number of ether oxygens (including phenoxy) is 2. The zero-order valence-corrected chi connectivity index (χ0v) is 11.3. The van der Waals surface area contributed by atoms with Gasteiger partial charge < -0.3 is 9.47 Å². The minimum atomic E-state index is 0.538. The van der Waals surface area contributed by atoms with Crippen molar-refractivity contribution in [2.75, 3.05) is 6.61 Å². The quantitative estimate of drug-likeness (QED) is 0.764. The lowest BCUT2D eigenvalue weighted by atomic mass is 10.2. The third-order valence-electron chi connectivity index (χ3n) is 2.48. The van der Waals surface area contributed by atoms with Crippen molar-refractivity contribution in [3.05, 3.63) is 54.1 Å². The summed E-state index contributed by atoms with van der Waals surface area (Å²) in [4.78, 5) is 0. The number of rotatable bonds is 5. The van der Waals surface area contributed by atoms with Crippen LogP contribution >= 0.6 is 0 Å². The lowest BCUT2D eigenvalue weighted by molar-refractivity contribution is 0.269. The second kappa shape index (κ2) is 6.26. The van der Waals surface area contributed by atoms with Crippen LogP contribution in [0.5, 0.6) is 11.5 Å². The van der Waals surface area contributed by atoms with Crippen molar-refractivity contribution in [3.8, 4) is 11.5 Å². The highest BCUT2D eigenvalue weighted by Crippen LogP contribution is 2.26. The lowest BCUT2D eigenvalue weighted by Crippen LogP contribution is -2.06. The summed E-state index contributed by atoms with van der Waals surface area (Å²) in [7, 11) is 3.49. The van der Waals surface area contributed by atoms with Crippen molar-refractivity contribution in [2.45, 2.75) is 13.5 Å². The Labute approximate surface area is 111 Å². The predicted molar refractivity (Wildman–Crippen MR) is 73.8 cm³/mol. The Balaban J connectivity index is 2.10. The van der Waals surface area contributed by atoms with Gasteiger partial charge in [-0.3, -0.25) is 0 Å². The van der Waals surface area contributed by atoms with E-state index in [0.717, 1.165) is 22.2 Å². The van der Waals surface area contributed by atoms with Crippen LogP contribution in [0, 0.1) is 0 Å². The van der Waals surface area contributed by atoms with Gasteiger partial charge in [-0.2, -0.15) is 0 Å². The normalized spacial score (nSPS) is 10.1. The van der Waals surface area contributed by atoms with Gasteiger partial charge in [0.2, 0.25) is 0 Å². The molecule has 2 aromatic carbocycles. The van der Waals surface area contributed by atoms with Crippen molar-refractivity contribution in [1.82, 2.24) is 0 Å². The Bertz CT molecular complexity index is 497. The molecule has 0 fully saturated rings. The molecule has 0 bridgehead atoms. The van der Waals surface area contributed by atoms with Crippen LogP contribution in [-0.4, -0.2) is 16.8 Å². The monoisotopic (exact) mass is 255 g/mol. The Kier molecular flexibility index (Phi) is 4.42. The third-order valence-corrected chi connectivity index (χ3v) is 2.79. The minimum Gasteiger partial charge on any atom is -0.490 e. The standard InChI is InChI=1S/C15H15O2Si/c1-2-16-14-9-8-13(18)10-15(14)17-11-12-6-4-3-5-7-12/h3-10H,2,11H2,1H3. The second-order valence-electron chi connectivity index (χ2n) is 3.87. The second-order valence-corrected chi connectivity index (χ2v) is 4.45. The largest absolute Gasteiger partial charge is 0.490 e. The highest BCUT2D eigenvalue weighted by molar-refractivity contribution is 6.32. The molecule has 0 aliphatic heterocycles. The van der Waals surface area contributed by atoms with E-state index in [0.29, 0.717) is 13.2 Å². The first-order valence-corrected chi connectivity index (χ1v) is 6.44. The molecular weight excluding hydrogens is 240 g/mol. The fourth-order valence-corrected chi connectivity index (χ4v) is 1.85. The molecule has 0 aliphatic rings. The average Bonchev–Trinajstić information content (AvgIpc) is 2.40. The van der Waals surface area contributed by atoms with Gasteiger partial charge in [0.15, 0.2) is 11.5 Å². The molecule has 0 saturated heterocycles. The van der Waals surface area contributed by atoms with Crippen molar-refractivity contribution in [3.63, 3.8) is 0 Å². The molecule has 0 saturated carbocycles. The van der Waals surface area contributed by atoms with Crippen LogP contribution in [0.15, 0.2) is 48.5 Å². The van der Waals surface area contributed by atoms with Gasteiger partial charge in [0.1, 0.15) is 6.61 Å². The maximum absolute atomic E-state index is 5.80. The van der Waals surface area contributed by atoms with Crippen molar-refractivity contribution < 1.29 is 9.47 Å². The molecule has 2 nitrogen and oxygen atoms in total. The van der Waals surface area contributed by atoms with Crippen molar-refractivity contribution in [2.24, 2.45) is 0 Å². The van der Waals surface area contributed by atoms with Crippen molar-refractivity contribution >= 4 is 15.4 Å². The van der Waals surface area contributed by atoms with Gasteiger partial charge in [0.05, 0.1) is 16.8 Å². The van der Waals surface area contributed by atoms with Crippen LogP contribution in [0.2, 0.25) is 0 Å². The van der Waals surface area contributed by atoms with Gasteiger partial charge >= 0.3 is 0 Å². The molecule has 2 aromatic rings. The lowest BCUT2D eigenvalue weighted by Gasteiger charge is -2.12. The highest BCUT2D eigenvalue weighted by atomic mass is 28.1. The van der Waals surface area contributed by atoms with E-state index in [9.17, 15) is 0 Å². The van der Waals surface area contributed by atoms with Crippen LogP contribution < -0.4 is 14.7 Å².